The minimum atomic E-state index is -0.162. The first-order chi connectivity index (χ1) is 23.0. The van der Waals surface area contributed by atoms with E-state index in [0.29, 0.717) is 0 Å². The van der Waals surface area contributed by atoms with Crippen molar-refractivity contribution in [3.8, 4) is 33.4 Å². The van der Waals surface area contributed by atoms with Gasteiger partial charge in [-0.3, -0.25) is 0 Å². The highest BCUT2D eigenvalue weighted by Gasteiger charge is 2.37. The van der Waals surface area contributed by atoms with Gasteiger partial charge in [-0.2, -0.15) is 0 Å². The van der Waals surface area contributed by atoms with E-state index in [1.165, 1.54) is 81.7 Å². The maximum absolute atomic E-state index is 2.44. The van der Waals surface area contributed by atoms with Gasteiger partial charge >= 0.3 is 0 Å². The summed E-state index contributed by atoms with van der Waals surface area (Å²) in [7, 11) is 0. The van der Waals surface area contributed by atoms with Crippen molar-refractivity contribution >= 4 is 48.6 Å². The molecule has 0 atom stereocenters. The highest BCUT2D eigenvalue weighted by Crippen LogP contribution is 2.52. The molecule has 224 valence electrons. The lowest BCUT2D eigenvalue weighted by Crippen LogP contribution is -2.30. The molecule has 1 nitrogen and oxygen atoms in total. The number of fused-ring (bicyclic) bond motifs is 5. The molecule has 1 aliphatic rings. The molecule has 2 heterocycles. The molecular weight excluding hydrogens is 587 g/mol. The van der Waals surface area contributed by atoms with Gasteiger partial charge in [-0.15, -0.1) is 11.3 Å². The monoisotopic (exact) mass is 619 g/mol. The van der Waals surface area contributed by atoms with E-state index in [0.717, 1.165) is 0 Å². The molecule has 0 N–H and O–H groups in total. The molecule has 0 bridgehead atoms. The van der Waals surface area contributed by atoms with Gasteiger partial charge in [-0.1, -0.05) is 123 Å². The quantitative estimate of drug-likeness (QED) is 0.189. The van der Waals surface area contributed by atoms with Crippen molar-refractivity contribution in [3.05, 3.63) is 175 Å². The van der Waals surface area contributed by atoms with Crippen LogP contribution in [0.25, 0.3) is 53.6 Å². The highest BCUT2D eigenvalue weighted by atomic mass is 32.1. The van der Waals surface area contributed by atoms with Gasteiger partial charge in [0.05, 0.1) is 11.4 Å². The molecule has 0 unspecified atom stereocenters. The second kappa shape index (κ2) is 10.8. The summed E-state index contributed by atoms with van der Waals surface area (Å²) in [4.78, 5) is 2.44. The molecule has 0 fully saturated rings. The number of nitrogens with zero attached hydrogens (tertiary/aromatic N) is 1. The number of para-hydroxylation sites is 1. The average molecular weight is 620 g/mol. The largest absolute Gasteiger partial charge is 0.310 e. The van der Waals surface area contributed by atoms with Crippen molar-refractivity contribution in [3.63, 3.8) is 0 Å². The first kappa shape index (κ1) is 27.8. The van der Waals surface area contributed by atoms with E-state index in [9.17, 15) is 0 Å². The third-order valence-corrected chi connectivity index (χ3v) is 11.0. The Labute approximate surface area is 280 Å². The van der Waals surface area contributed by atoms with Gasteiger partial charge in [0.2, 0.25) is 0 Å². The van der Waals surface area contributed by atoms with E-state index in [-0.39, 0.29) is 5.41 Å². The molecule has 47 heavy (non-hydrogen) atoms. The smallest absolute Gasteiger partial charge is 0.0503 e. The van der Waals surface area contributed by atoms with Crippen molar-refractivity contribution in [2.75, 3.05) is 4.90 Å². The number of benzene rings is 7. The maximum Gasteiger partial charge on any atom is 0.0503 e. The topological polar surface area (TPSA) is 3.24 Å². The fourth-order valence-corrected chi connectivity index (χ4v) is 8.47. The Morgan fingerprint density at radius 2 is 0.979 bits per heavy atom. The van der Waals surface area contributed by atoms with Crippen LogP contribution < -0.4 is 4.90 Å². The minimum absolute atomic E-state index is 0.162. The molecular formula is C45H33NS. The summed E-state index contributed by atoms with van der Waals surface area (Å²) in [5, 5.41) is 2.67. The Morgan fingerprint density at radius 3 is 1.81 bits per heavy atom. The number of rotatable bonds is 4. The van der Waals surface area contributed by atoms with E-state index in [2.05, 4.69) is 183 Å². The fourth-order valence-electron chi connectivity index (χ4n) is 7.38. The van der Waals surface area contributed by atoms with Crippen molar-refractivity contribution < 1.29 is 0 Å². The second-order valence-electron chi connectivity index (χ2n) is 13.0. The Hall–Kier alpha value is -5.44. The van der Waals surface area contributed by atoms with Crippen LogP contribution >= 0.6 is 11.3 Å². The molecule has 8 aromatic rings. The standard InChI is InChI=1S/C45H33NS/c1-45(2)39-16-7-8-17-41(39)46(36-23-19-31(20-24-36)30-11-4-3-5-12-30)42-25-21-35(29-40(42)45)33-14-10-13-32(27-33)34-22-26-44-38(28-34)37-15-6-9-18-43(37)47-44/h3-29H,1-2H3. The van der Waals surface area contributed by atoms with Crippen molar-refractivity contribution in [1.29, 1.82) is 0 Å². The number of anilines is 3. The summed E-state index contributed by atoms with van der Waals surface area (Å²) >= 11 is 1.87. The van der Waals surface area contributed by atoms with Gasteiger partial charge in [0, 0.05) is 31.3 Å². The van der Waals surface area contributed by atoms with Crippen molar-refractivity contribution in [2.45, 2.75) is 19.3 Å². The normalized spacial score (nSPS) is 13.4. The number of hydrogen-bond acceptors (Lipinski definition) is 2. The van der Waals surface area contributed by atoms with Gasteiger partial charge in [-0.25, -0.2) is 0 Å². The summed E-state index contributed by atoms with van der Waals surface area (Å²) in [6.07, 6.45) is 0. The van der Waals surface area contributed by atoms with Gasteiger partial charge in [0.1, 0.15) is 0 Å². The van der Waals surface area contributed by atoms with Gasteiger partial charge in [0.25, 0.3) is 0 Å². The lowest BCUT2D eigenvalue weighted by atomic mass is 9.73. The van der Waals surface area contributed by atoms with Crippen LogP contribution in [0.4, 0.5) is 17.1 Å². The predicted molar refractivity (Wildman–Crippen MR) is 202 cm³/mol. The average Bonchev–Trinajstić information content (AvgIpc) is 3.50. The summed E-state index contributed by atoms with van der Waals surface area (Å²) in [6, 6.07) is 60.2. The Bertz CT molecular complexity index is 2430. The van der Waals surface area contributed by atoms with Crippen LogP contribution in [0.2, 0.25) is 0 Å². The summed E-state index contributed by atoms with van der Waals surface area (Å²) in [5.74, 6) is 0. The molecule has 0 radical (unpaired) electrons. The Morgan fingerprint density at radius 1 is 0.404 bits per heavy atom. The first-order valence-corrected chi connectivity index (χ1v) is 17.1. The zero-order valence-electron chi connectivity index (χ0n) is 26.4. The summed E-state index contributed by atoms with van der Waals surface area (Å²) in [5.41, 5.74) is 13.6. The maximum atomic E-state index is 2.44. The molecule has 0 spiro atoms. The fraction of sp³-hybridized carbons (Fsp3) is 0.0667. The van der Waals surface area contributed by atoms with Crippen LogP contribution in [-0.4, -0.2) is 0 Å². The van der Waals surface area contributed by atoms with Gasteiger partial charge < -0.3 is 4.90 Å². The first-order valence-electron chi connectivity index (χ1n) is 16.3. The van der Waals surface area contributed by atoms with E-state index in [1.807, 2.05) is 11.3 Å². The second-order valence-corrected chi connectivity index (χ2v) is 14.1. The van der Waals surface area contributed by atoms with E-state index in [4.69, 9.17) is 0 Å². The lowest BCUT2D eigenvalue weighted by Gasteiger charge is -2.42. The highest BCUT2D eigenvalue weighted by molar-refractivity contribution is 7.25. The van der Waals surface area contributed by atoms with Crippen LogP contribution in [0.5, 0.6) is 0 Å². The third kappa shape index (κ3) is 4.60. The van der Waals surface area contributed by atoms with Crippen LogP contribution in [0.15, 0.2) is 164 Å². The van der Waals surface area contributed by atoms with Crippen LogP contribution in [0.3, 0.4) is 0 Å². The Balaban J connectivity index is 1.13. The lowest BCUT2D eigenvalue weighted by molar-refractivity contribution is 0.632. The molecule has 0 amide bonds. The zero-order valence-corrected chi connectivity index (χ0v) is 27.3. The van der Waals surface area contributed by atoms with Gasteiger partial charge in [0.15, 0.2) is 0 Å². The van der Waals surface area contributed by atoms with Crippen LogP contribution in [0.1, 0.15) is 25.0 Å². The van der Waals surface area contributed by atoms with E-state index < -0.39 is 0 Å². The van der Waals surface area contributed by atoms with Crippen LogP contribution in [-0.2, 0) is 5.41 Å². The molecule has 1 aliphatic heterocycles. The zero-order chi connectivity index (χ0) is 31.5. The van der Waals surface area contributed by atoms with Gasteiger partial charge in [-0.05, 0) is 99.1 Å². The van der Waals surface area contributed by atoms with E-state index >= 15 is 0 Å². The summed E-state index contributed by atoms with van der Waals surface area (Å²) < 4.78 is 2.68. The predicted octanol–water partition coefficient (Wildman–Crippen LogP) is 13.2. The number of hydrogen-bond donors (Lipinski definition) is 0. The molecule has 1 aromatic heterocycles. The SMILES string of the molecule is CC1(C)c2ccccc2N(c2ccc(-c3ccccc3)cc2)c2ccc(-c3cccc(-c4ccc5sc6ccccc6c5c4)c3)cc21. The number of thiophene rings is 1. The van der Waals surface area contributed by atoms with Crippen molar-refractivity contribution in [1.82, 2.24) is 0 Å². The van der Waals surface area contributed by atoms with Crippen molar-refractivity contribution in [2.24, 2.45) is 0 Å². The molecule has 9 rings (SSSR count). The summed E-state index contributed by atoms with van der Waals surface area (Å²) in [6.45, 7) is 4.72. The van der Waals surface area contributed by atoms with E-state index in [1.54, 1.807) is 0 Å². The molecule has 0 saturated heterocycles. The Kier molecular flexibility index (Phi) is 6.41. The molecule has 2 heteroatoms. The molecule has 7 aromatic carbocycles. The van der Waals surface area contributed by atoms with Crippen LogP contribution in [0, 0.1) is 0 Å². The third-order valence-electron chi connectivity index (χ3n) is 9.87. The molecule has 0 aliphatic carbocycles. The molecule has 0 saturated carbocycles. The minimum Gasteiger partial charge on any atom is -0.310 e.